The van der Waals surface area contributed by atoms with Crippen LogP contribution in [0.15, 0.2) is 103 Å². The van der Waals surface area contributed by atoms with Gasteiger partial charge in [0.1, 0.15) is 0 Å². The van der Waals surface area contributed by atoms with Gasteiger partial charge < -0.3 is 0 Å². The molecule has 1 heterocycles. The fraction of sp³-hybridized carbons (Fsp3) is 0.286. The van der Waals surface area contributed by atoms with Crippen LogP contribution in [-0.4, -0.2) is 25.7 Å². The quantitative estimate of drug-likeness (QED) is 0.327. The molecule has 1 aliphatic heterocycles. The van der Waals surface area contributed by atoms with E-state index in [1.165, 1.54) is 0 Å². The number of ether oxygens (including phenoxy) is 2. The number of halogens is 1. The van der Waals surface area contributed by atoms with Crippen molar-refractivity contribution in [1.82, 2.24) is 0 Å². The molecule has 0 radical (unpaired) electrons. The fourth-order valence-corrected chi connectivity index (χ4v) is 10.1. The molecule has 2 nitrogen and oxygen atoms in total. The third-order valence-electron chi connectivity index (χ3n) is 6.26. The van der Waals surface area contributed by atoms with E-state index in [-0.39, 0.29) is 11.7 Å². The Morgan fingerprint density at radius 2 is 1.19 bits per heavy atom. The summed E-state index contributed by atoms with van der Waals surface area (Å²) >= 11 is 8.11. The summed E-state index contributed by atoms with van der Waals surface area (Å²) in [6, 6.07) is 31.6. The molecular formula is C28H32ClO2P. The molecule has 0 aromatic heterocycles. The molecule has 0 saturated carbocycles. The Labute approximate surface area is 196 Å². The Hall–Kier alpha value is -1.96. The first-order chi connectivity index (χ1) is 15.3. The zero-order chi connectivity index (χ0) is 22.7. The molecule has 0 unspecified atom stereocenters. The van der Waals surface area contributed by atoms with Crippen molar-refractivity contribution in [1.29, 1.82) is 0 Å². The Morgan fingerprint density at radius 1 is 0.812 bits per heavy atom. The molecule has 0 amide bonds. The molecule has 3 aromatic carbocycles. The zero-order valence-corrected chi connectivity index (χ0v) is 20.7. The standard InChI is InChI=1S/C28H32ClO2P/c1-23(27-30-21-28(2,3)22-31-27)19-20-32(29,24-13-7-4-8-14-24,25-15-9-5-10-16-25)26-17-11-6-12-18-26/h4-19,27H,20-22H2,1-3H3. The average Bonchev–Trinajstić information content (AvgIpc) is 2.84. The predicted octanol–water partition coefficient (Wildman–Crippen LogP) is 6.02. The van der Waals surface area contributed by atoms with Crippen molar-refractivity contribution in [2.75, 3.05) is 19.4 Å². The van der Waals surface area contributed by atoms with Crippen LogP contribution in [0.3, 0.4) is 0 Å². The first kappa shape index (κ1) is 23.2. The van der Waals surface area contributed by atoms with Crippen molar-refractivity contribution >= 4 is 33.1 Å². The number of rotatable bonds is 6. The Kier molecular flexibility index (Phi) is 6.61. The summed E-state index contributed by atoms with van der Waals surface area (Å²) in [6.07, 6.45) is 2.60. The normalized spacial score (nSPS) is 18.6. The van der Waals surface area contributed by atoms with Crippen LogP contribution in [0.25, 0.3) is 0 Å². The van der Waals surface area contributed by atoms with Crippen molar-refractivity contribution in [3.8, 4) is 0 Å². The third kappa shape index (κ3) is 4.30. The Bertz CT molecular complexity index is 955. The maximum atomic E-state index is 8.11. The fourth-order valence-electron chi connectivity index (χ4n) is 4.35. The molecule has 4 rings (SSSR count). The van der Waals surface area contributed by atoms with Gasteiger partial charge >= 0.3 is 197 Å². The van der Waals surface area contributed by atoms with E-state index in [0.717, 1.165) is 21.5 Å². The molecule has 1 saturated heterocycles. The molecule has 1 fully saturated rings. The molecular weight excluding hydrogens is 435 g/mol. The predicted molar refractivity (Wildman–Crippen MR) is 139 cm³/mol. The van der Waals surface area contributed by atoms with E-state index < -0.39 is 5.96 Å². The summed E-state index contributed by atoms with van der Waals surface area (Å²) in [6.45, 7) is 7.77. The molecule has 0 N–H and O–H groups in total. The average molecular weight is 467 g/mol. The van der Waals surface area contributed by atoms with Gasteiger partial charge in [0.2, 0.25) is 0 Å². The second kappa shape index (κ2) is 9.12. The number of hydrogen-bond acceptors (Lipinski definition) is 2. The second-order valence-corrected chi connectivity index (χ2v) is 16.0. The van der Waals surface area contributed by atoms with Gasteiger partial charge in [-0.1, -0.05) is 0 Å². The van der Waals surface area contributed by atoms with Crippen LogP contribution in [0.5, 0.6) is 0 Å². The van der Waals surface area contributed by atoms with Gasteiger partial charge in [0, 0.05) is 0 Å². The van der Waals surface area contributed by atoms with E-state index in [0.29, 0.717) is 19.4 Å². The van der Waals surface area contributed by atoms with E-state index in [1.54, 1.807) is 0 Å². The summed E-state index contributed by atoms with van der Waals surface area (Å²) in [7, 11) is 0. The molecule has 3 aromatic rings. The molecule has 0 spiro atoms. The summed E-state index contributed by atoms with van der Waals surface area (Å²) in [4.78, 5) is 0. The van der Waals surface area contributed by atoms with Crippen LogP contribution >= 0.6 is 17.2 Å². The van der Waals surface area contributed by atoms with Gasteiger partial charge in [0.05, 0.1) is 0 Å². The van der Waals surface area contributed by atoms with E-state index in [1.807, 2.05) is 18.2 Å². The molecule has 0 bridgehead atoms. The van der Waals surface area contributed by atoms with Gasteiger partial charge in [-0.25, -0.2) is 0 Å². The topological polar surface area (TPSA) is 18.5 Å². The van der Waals surface area contributed by atoms with Crippen LogP contribution < -0.4 is 15.9 Å². The minimum absolute atomic E-state index is 0.0422. The van der Waals surface area contributed by atoms with Gasteiger partial charge in [-0.15, -0.1) is 0 Å². The van der Waals surface area contributed by atoms with E-state index in [2.05, 4.69) is 99.6 Å². The van der Waals surface area contributed by atoms with Crippen LogP contribution in [0.2, 0.25) is 0 Å². The van der Waals surface area contributed by atoms with Crippen molar-refractivity contribution < 1.29 is 9.47 Å². The summed E-state index contributed by atoms with van der Waals surface area (Å²) in [5.41, 5.74) is 1.11. The molecule has 1 aliphatic rings. The Balaban J connectivity index is 1.85. The summed E-state index contributed by atoms with van der Waals surface area (Å²) < 4.78 is 12.1. The molecule has 4 heteroatoms. The molecule has 0 atom stereocenters. The summed E-state index contributed by atoms with van der Waals surface area (Å²) in [5, 5.41) is 3.48. The second-order valence-electron chi connectivity index (χ2n) is 9.44. The molecule has 32 heavy (non-hydrogen) atoms. The van der Waals surface area contributed by atoms with Crippen molar-refractivity contribution in [2.45, 2.75) is 27.1 Å². The zero-order valence-electron chi connectivity index (χ0n) is 19.1. The van der Waals surface area contributed by atoms with Gasteiger partial charge in [-0.05, 0) is 0 Å². The summed E-state index contributed by atoms with van der Waals surface area (Å²) in [5.74, 6) is -3.31. The van der Waals surface area contributed by atoms with Crippen molar-refractivity contribution in [2.24, 2.45) is 5.41 Å². The minimum atomic E-state index is -3.31. The van der Waals surface area contributed by atoms with E-state index in [9.17, 15) is 0 Å². The Morgan fingerprint density at radius 3 is 1.56 bits per heavy atom. The first-order valence-electron chi connectivity index (χ1n) is 11.1. The molecule has 168 valence electrons. The van der Waals surface area contributed by atoms with Gasteiger partial charge in [-0.2, -0.15) is 0 Å². The van der Waals surface area contributed by atoms with E-state index in [4.69, 9.17) is 20.7 Å². The van der Waals surface area contributed by atoms with Crippen molar-refractivity contribution in [3.05, 3.63) is 103 Å². The molecule has 0 aliphatic carbocycles. The van der Waals surface area contributed by atoms with Gasteiger partial charge in [-0.3, -0.25) is 0 Å². The number of allylic oxidation sites excluding steroid dienone is 1. The number of hydrogen-bond donors (Lipinski definition) is 0. The monoisotopic (exact) mass is 466 g/mol. The van der Waals surface area contributed by atoms with Crippen LogP contribution in [0, 0.1) is 5.41 Å². The van der Waals surface area contributed by atoms with Crippen molar-refractivity contribution in [3.63, 3.8) is 0 Å². The van der Waals surface area contributed by atoms with Gasteiger partial charge in [0.15, 0.2) is 0 Å². The van der Waals surface area contributed by atoms with Crippen LogP contribution in [0.1, 0.15) is 20.8 Å². The number of benzene rings is 3. The third-order valence-corrected chi connectivity index (χ3v) is 13.4. The first-order valence-corrected chi connectivity index (χ1v) is 14.5. The maximum absolute atomic E-state index is 8.11. The SMILES string of the molecule is CC(=CCP(Cl)(c1ccccc1)(c1ccccc1)c1ccccc1)C1OCC(C)(C)CO1. The van der Waals surface area contributed by atoms with Crippen LogP contribution in [-0.2, 0) is 9.47 Å². The van der Waals surface area contributed by atoms with Gasteiger partial charge in [0.25, 0.3) is 0 Å². The van der Waals surface area contributed by atoms with Crippen LogP contribution in [0.4, 0.5) is 0 Å². The van der Waals surface area contributed by atoms with E-state index >= 15 is 0 Å².